The van der Waals surface area contributed by atoms with Gasteiger partial charge in [0.2, 0.25) is 11.8 Å². The SMILES string of the molecule is CCN(CC1CCCCN1)c1ncc(Br)c(OC)n1. The lowest BCUT2D eigenvalue weighted by molar-refractivity contribution is 0.388. The van der Waals surface area contributed by atoms with E-state index in [0.29, 0.717) is 11.9 Å². The normalized spacial score (nSPS) is 19.2. The van der Waals surface area contributed by atoms with E-state index in [1.54, 1.807) is 13.3 Å². The number of piperidine rings is 1. The summed E-state index contributed by atoms with van der Waals surface area (Å²) < 4.78 is 6.01. The van der Waals surface area contributed by atoms with Gasteiger partial charge in [-0.2, -0.15) is 4.98 Å². The lowest BCUT2D eigenvalue weighted by Crippen LogP contribution is -2.44. The molecule has 0 spiro atoms. The summed E-state index contributed by atoms with van der Waals surface area (Å²) in [5.41, 5.74) is 0. The number of anilines is 1. The Kier molecular flexibility index (Phi) is 5.39. The summed E-state index contributed by atoms with van der Waals surface area (Å²) in [6, 6.07) is 0.534. The van der Waals surface area contributed by atoms with Gasteiger partial charge < -0.3 is 15.0 Å². The smallest absolute Gasteiger partial charge is 0.232 e. The van der Waals surface area contributed by atoms with Crippen molar-refractivity contribution in [1.29, 1.82) is 0 Å². The fraction of sp³-hybridized carbons (Fsp3) is 0.692. The molecule has 0 saturated carbocycles. The molecule has 19 heavy (non-hydrogen) atoms. The molecule has 1 N–H and O–H groups in total. The van der Waals surface area contributed by atoms with Gasteiger partial charge in [-0.25, -0.2) is 4.98 Å². The molecule has 1 fully saturated rings. The van der Waals surface area contributed by atoms with Gasteiger partial charge in [0, 0.05) is 19.1 Å². The Morgan fingerprint density at radius 1 is 1.53 bits per heavy atom. The van der Waals surface area contributed by atoms with Crippen LogP contribution >= 0.6 is 15.9 Å². The lowest BCUT2D eigenvalue weighted by atomic mass is 10.0. The van der Waals surface area contributed by atoms with E-state index >= 15 is 0 Å². The highest BCUT2D eigenvalue weighted by atomic mass is 79.9. The summed E-state index contributed by atoms with van der Waals surface area (Å²) in [5, 5.41) is 3.56. The van der Waals surface area contributed by atoms with Crippen molar-refractivity contribution >= 4 is 21.9 Å². The molecule has 1 aromatic rings. The van der Waals surface area contributed by atoms with E-state index in [9.17, 15) is 0 Å². The van der Waals surface area contributed by atoms with E-state index in [0.717, 1.165) is 30.1 Å². The van der Waals surface area contributed by atoms with Gasteiger partial charge in [0.1, 0.15) is 0 Å². The molecule has 2 rings (SSSR count). The summed E-state index contributed by atoms with van der Waals surface area (Å²) in [5.74, 6) is 1.31. The summed E-state index contributed by atoms with van der Waals surface area (Å²) in [6.07, 6.45) is 5.56. The second-order valence-electron chi connectivity index (χ2n) is 4.71. The fourth-order valence-electron chi connectivity index (χ4n) is 2.34. The molecule has 2 heterocycles. The molecule has 5 nitrogen and oxygen atoms in total. The van der Waals surface area contributed by atoms with Gasteiger partial charge in [-0.05, 0) is 42.2 Å². The highest BCUT2D eigenvalue weighted by molar-refractivity contribution is 9.10. The highest BCUT2D eigenvalue weighted by Crippen LogP contribution is 2.23. The minimum absolute atomic E-state index is 0.534. The van der Waals surface area contributed by atoms with Crippen LogP contribution in [-0.2, 0) is 0 Å². The molecule has 0 aliphatic carbocycles. The van der Waals surface area contributed by atoms with E-state index in [4.69, 9.17) is 4.74 Å². The van der Waals surface area contributed by atoms with E-state index < -0.39 is 0 Å². The Hall–Kier alpha value is -0.880. The van der Waals surface area contributed by atoms with Crippen LogP contribution in [0.1, 0.15) is 26.2 Å². The Labute approximate surface area is 122 Å². The molecule has 106 valence electrons. The number of ether oxygens (including phenoxy) is 1. The maximum atomic E-state index is 5.23. The van der Waals surface area contributed by atoms with Crippen LogP contribution in [0.5, 0.6) is 5.88 Å². The van der Waals surface area contributed by atoms with Crippen LogP contribution in [-0.4, -0.2) is 42.8 Å². The van der Waals surface area contributed by atoms with E-state index in [1.165, 1.54) is 19.3 Å². The van der Waals surface area contributed by atoms with Crippen LogP contribution in [0, 0.1) is 0 Å². The maximum absolute atomic E-state index is 5.23. The highest BCUT2D eigenvalue weighted by Gasteiger charge is 2.18. The minimum Gasteiger partial charge on any atom is -0.480 e. The van der Waals surface area contributed by atoms with Crippen molar-refractivity contribution in [2.45, 2.75) is 32.2 Å². The van der Waals surface area contributed by atoms with Gasteiger partial charge in [-0.15, -0.1) is 0 Å². The number of likely N-dealkylation sites (N-methyl/N-ethyl adjacent to an activating group) is 1. The van der Waals surface area contributed by atoms with Crippen molar-refractivity contribution in [2.75, 3.05) is 31.6 Å². The third-order valence-electron chi connectivity index (χ3n) is 3.41. The van der Waals surface area contributed by atoms with Crippen LogP contribution in [0.3, 0.4) is 0 Å². The van der Waals surface area contributed by atoms with E-state index in [-0.39, 0.29) is 0 Å². The summed E-state index contributed by atoms with van der Waals surface area (Å²) in [4.78, 5) is 11.0. The van der Waals surface area contributed by atoms with Crippen LogP contribution in [0.2, 0.25) is 0 Å². The predicted molar refractivity (Wildman–Crippen MR) is 79.8 cm³/mol. The quantitative estimate of drug-likeness (QED) is 0.898. The summed E-state index contributed by atoms with van der Waals surface area (Å²) in [7, 11) is 1.62. The van der Waals surface area contributed by atoms with Crippen molar-refractivity contribution in [2.24, 2.45) is 0 Å². The largest absolute Gasteiger partial charge is 0.480 e. The zero-order chi connectivity index (χ0) is 13.7. The number of hydrogen-bond acceptors (Lipinski definition) is 5. The number of aromatic nitrogens is 2. The standard InChI is InChI=1S/C13H21BrN4O/c1-3-18(9-10-6-4-5-7-15-10)13-16-8-11(14)12(17-13)19-2/h8,10,15H,3-7,9H2,1-2H3. The molecule has 1 saturated heterocycles. The van der Waals surface area contributed by atoms with Crippen LogP contribution in [0.4, 0.5) is 5.95 Å². The molecule has 1 unspecified atom stereocenters. The number of nitrogens with zero attached hydrogens (tertiary/aromatic N) is 3. The second-order valence-corrected chi connectivity index (χ2v) is 5.57. The van der Waals surface area contributed by atoms with Crippen molar-refractivity contribution in [3.05, 3.63) is 10.7 Å². The minimum atomic E-state index is 0.534. The second kappa shape index (κ2) is 7.05. The molecule has 1 aliphatic rings. The monoisotopic (exact) mass is 328 g/mol. The number of methoxy groups -OCH3 is 1. The molecular formula is C13H21BrN4O. The number of halogens is 1. The van der Waals surface area contributed by atoms with Crippen molar-refractivity contribution < 1.29 is 4.74 Å². The third kappa shape index (κ3) is 3.79. The first kappa shape index (κ1) is 14.5. The molecule has 0 aromatic carbocycles. The molecular weight excluding hydrogens is 308 g/mol. The van der Waals surface area contributed by atoms with Crippen molar-refractivity contribution in [1.82, 2.24) is 15.3 Å². The van der Waals surface area contributed by atoms with Gasteiger partial charge >= 0.3 is 0 Å². The van der Waals surface area contributed by atoms with E-state index in [1.807, 2.05) is 0 Å². The van der Waals surface area contributed by atoms with Gasteiger partial charge in [0.25, 0.3) is 0 Å². The first-order valence-corrected chi connectivity index (χ1v) is 7.58. The number of rotatable bonds is 5. The third-order valence-corrected chi connectivity index (χ3v) is 3.95. The predicted octanol–water partition coefficient (Wildman–Crippen LogP) is 2.22. The van der Waals surface area contributed by atoms with Crippen molar-refractivity contribution in [3.8, 4) is 5.88 Å². The average Bonchev–Trinajstić information content (AvgIpc) is 2.46. The van der Waals surface area contributed by atoms with Crippen molar-refractivity contribution in [3.63, 3.8) is 0 Å². The van der Waals surface area contributed by atoms with Gasteiger partial charge in [0.05, 0.1) is 17.8 Å². The molecule has 0 bridgehead atoms. The number of nitrogens with one attached hydrogen (secondary N) is 1. The van der Waals surface area contributed by atoms with Gasteiger partial charge in [-0.3, -0.25) is 0 Å². The average molecular weight is 329 g/mol. The summed E-state index contributed by atoms with van der Waals surface area (Å²) in [6.45, 7) is 5.08. The Balaban J connectivity index is 2.07. The maximum Gasteiger partial charge on any atom is 0.232 e. The first-order chi connectivity index (χ1) is 9.24. The Morgan fingerprint density at radius 3 is 3.00 bits per heavy atom. The van der Waals surface area contributed by atoms with Crippen LogP contribution in [0.15, 0.2) is 10.7 Å². The summed E-state index contributed by atoms with van der Waals surface area (Å²) >= 11 is 3.38. The zero-order valence-electron chi connectivity index (χ0n) is 11.5. The molecule has 1 aliphatic heterocycles. The molecule has 1 aromatic heterocycles. The van der Waals surface area contributed by atoms with Gasteiger partial charge in [0.15, 0.2) is 0 Å². The fourth-order valence-corrected chi connectivity index (χ4v) is 2.69. The first-order valence-electron chi connectivity index (χ1n) is 6.79. The molecule has 0 amide bonds. The number of hydrogen-bond donors (Lipinski definition) is 1. The topological polar surface area (TPSA) is 50.3 Å². The van der Waals surface area contributed by atoms with Gasteiger partial charge in [-0.1, -0.05) is 6.42 Å². The van der Waals surface area contributed by atoms with E-state index in [2.05, 4.69) is 43.0 Å². The lowest BCUT2D eigenvalue weighted by Gasteiger charge is -2.30. The zero-order valence-corrected chi connectivity index (χ0v) is 13.1. The molecule has 0 radical (unpaired) electrons. The van der Waals surface area contributed by atoms with Crippen LogP contribution in [0.25, 0.3) is 0 Å². The molecule has 6 heteroatoms. The van der Waals surface area contributed by atoms with Crippen LogP contribution < -0.4 is 15.0 Å². The Morgan fingerprint density at radius 2 is 2.37 bits per heavy atom. The Bertz CT molecular complexity index is 410. The molecule has 1 atom stereocenters.